The molecule has 0 N–H and O–H groups in total. The summed E-state index contributed by atoms with van der Waals surface area (Å²) < 4.78 is 2.45. The van der Waals surface area contributed by atoms with Gasteiger partial charge >= 0.3 is 0 Å². The van der Waals surface area contributed by atoms with E-state index in [0.717, 1.165) is 22.7 Å². The Kier molecular flexibility index (Phi) is 12.6. The molecule has 0 bridgehead atoms. The molecule has 8 heteroatoms. The minimum absolute atomic E-state index is 0.0742. The molecule has 92 heavy (non-hydrogen) atoms. The zero-order chi connectivity index (χ0) is 60.4. The van der Waals surface area contributed by atoms with Gasteiger partial charge in [0.2, 0.25) is 0 Å². The first-order chi connectivity index (χ1) is 45.7. The zero-order valence-corrected chi connectivity index (χ0v) is 51.6. The summed E-state index contributed by atoms with van der Waals surface area (Å²) in [5.41, 5.74) is 29.6. The number of fused-ring (bicyclic) bond motifs is 11. The van der Waals surface area contributed by atoms with Crippen molar-refractivity contribution < 1.29 is 0 Å². The van der Waals surface area contributed by atoms with Crippen LogP contribution in [0.15, 0.2) is 279 Å². The molecule has 0 amide bonds. The Labute approximate surface area is 540 Å². The summed E-state index contributed by atoms with van der Waals surface area (Å²) in [6.45, 7) is -0.191. The predicted octanol–water partition coefficient (Wildman–Crippen LogP) is 18.1. The lowest BCUT2D eigenvalue weighted by Gasteiger charge is -2.48. The highest BCUT2D eigenvalue weighted by Crippen LogP contribution is 2.52. The van der Waals surface area contributed by atoms with Crippen LogP contribution in [0.5, 0.6) is 0 Å². The second kappa shape index (κ2) is 21.6. The van der Waals surface area contributed by atoms with Crippen molar-refractivity contribution >= 4 is 142 Å². The Morgan fingerprint density at radius 2 is 0.685 bits per heavy atom. The molecule has 440 valence electrons. The zero-order valence-electron chi connectivity index (χ0n) is 51.6. The van der Waals surface area contributed by atoms with Crippen LogP contribution in [0.3, 0.4) is 0 Å². The van der Waals surface area contributed by atoms with Crippen molar-refractivity contribution in [2.75, 3.05) is 24.5 Å². The Morgan fingerprint density at radius 3 is 1.16 bits per heavy atom. The minimum atomic E-state index is -0.117. The summed E-state index contributed by atoms with van der Waals surface area (Å²) in [6.07, 6.45) is 12.8. The van der Waals surface area contributed by atoms with Gasteiger partial charge in [-0.2, -0.15) is 0 Å². The van der Waals surface area contributed by atoms with E-state index in [1.807, 2.05) is 0 Å². The lowest BCUT2D eigenvalue weighted by atomic mass is 9.30. The molecular formula is C84H68B2N6. The second-order valence-electron chi connectivity index (χ2n) is 26.3. The molecule has 0 unspecified atom stereocenters. The third-order valence-corrected chi connectivity index (χ3v) is 21.4. The highest BCUT2D eigenvalue weighted by molar-refractivity contribution is 7.03. The first-order valence-corrected chi connectivity index (χ1v) is 33.7. The smallest absolute Gasteiger partial charge is 0.252 e. The average molecular weight is 1180 g/mol. The van der Waals surface area contributed by atoms with Crippen LogP contribution < -0.4 is 57.3 Å². The summed E-state index contributed by atoms with van der Waals surface area (Å²) in [4.78, 5) is 13.5. The van der Waals surface area contributed by atoms with Gasteiger partial charge in [0.1, 0.15) is 0 Å². The van der Waals surface area contributed by atoms with Gasteiger partial charge in [0.25, 0.3) is 13.4 Å². The SMILES string of the molecule is c1ccc(N2c3ccccc3B3c4cc5c(cc4N(c4ccccc4)c4cc(-c6cccc7c6c6ccccc6n7-c6ccccc6)cc2c43)N(c2ccccc2)c2cc(N(C3CCCCC3)C3CCCCC3)cc3c2B5c2ccccc2N3c2ccccc2)cc1. The first-order valence-electron chi connectivity index (χ1n) is 33.7. The molecule has 12 aromatic carbocycles. The molecule has 19 rings (SSSR count). The maximum absolute atomic E-state index is 2.97. The Morgan fingerprint density at radius 1 is 0.293 bits per heavy atom. The van der Waals surface area contributed by atoms with Crippen LogP contribution in [0.2, 0.25) is 0 Å². The Balaban J connectivity index is 0.917. The van der Waals surface area contributed by atoms with E-state index in [9.17, 15) is 0 Å². The van der Waals surface area contributed by atoms with E-state index in [2.05, 4.69) is 308 Å². The standard InChI is InChI=1S/C84H68B2N6/c1-8-29-58(30-9-1)87(59-31-10-2-11-32-59)65-53-80-84-81(54-65)92(64-41-20-7-21-42-64)77-56-76-70(55-71(77)86(84)69-46-24-27-49-74(69)90(80)62-37-16-5-17-38-62)85-68-45-23-26-48-73(68)89(61-35-14-4-15-36-61)78-51-57(52-79(83(78)85)91(76)63-39-18-6-19-40-63)66-44-28-50-75-82(66)67-43-22-25-47-72(67)88(75)60-33-12-3-13-34-60/h3-7,12-28,33-56,58-59H,1-2,8-11,29-32H2. The molecule has 0 atom stereocenters. The predicted molar refractivity (Wildman–Crippen MR) is 390 cm³/mol. The number of benzene rings is 12. The number of hydrogen-bond acceptors (Lipinski definition) is 5. The molecule has 2 saturated carbocycles. The van der Waals surface area contributed by atoms with Crippen LogP contribution in [0.1, 0.15) is 64.2 Å². The van der Waals surface area contributed by atoms with E-state index >= 15 is 0 Å². The van der Waals surface area contributed by atoms with Gasteiger partial charge < -0.3 is 29.1 Å². The highest BCUT2D eigenvalue weighted by atomic mass is 15.2. The highest BCUT2D eigenvalue weighted by Gasteiger charge is 2.49. The van der Waals surface area contributed by atoms with E-state index in [-0.39, 0.29) is 13.4 Å². The fourth-order valence-electron chi connectivity index (χ4n) is 17.6. The largest absolute Gasteiger partial charge is 0.365 e. The van der Waals surface area contributed by atoms with Crippen molar-refractivity contribution in [2.45, 2.75) is 76.3 Å². The number of anilines is 13. The average Bonchev–Trinajstić information content (AvgIpc) is 0.813. The van der Waals surface area contributed by atoms with Gasteiger partial charge in [0.05, 0.1) is 11.0 Å². The summed E-state index contributed by atoms with van der Waals surface area (Å²) >= 11 is 0. The van der Waals surface area contributed by atoms with Crippen LogP contribution >= 0.6 is 0 Å². The summed E-state index contributed by atoms with van der Waals surface area (Å²) in [7, 11) is 0. The monoisotopic (exact) mass is 1180 g/mol. The molecular weight excluding hydrogens is 1110 g/mol. The molecule has 6 nitrogen and oxygen atoms in total. The molecule has 1 aromatic heterocycles. The van der Waals surface area contributed by atoms with Crippen LogP contribution in [0.4, 0.5) is 73.9 Å². The fraction of sp³-hybridized carbons (Fsp3) is 0.143. The maximum Gasteiger partial charge on any atom is 0.252 e. The Hall–Kier alpha value is -10.4. The first kappa shape index (κ1) is 53.4. The van der Waals surface area contributed by atoms with Gasteiger partial charge in [0, 0.05) is 102 Å². The van der Waals surface area contributed by atoms with E-state index in [0.29, 0.717) is 12.1 Å². The molecule has 0 saturated heterocycles. The quantitative estimate of drug-likeness (QED) is 0.134. The van der Waals surface area contributed by atoms with Crippen LogP contribution in [-0.2, 0) is 0 Å². The van der Waals surface area contributed by atoms with Crippen LogP contribution in [0.25, 0.3) is 38.6 Å². The van der Waals surface area contributed by atoms with Crippen LogP contribution in [0, 0.1) is 0 Å². The van der Waals surface area contributed by atoms with Crippen molar-refractivity contribution in [3.8, 4) is 16.8 Å². The van der Waals surface area contributed by atoms with E-state index < -0.39 is 0 Å². The second-order valence-corrected chi connectivity index (χ2v) is 26.3. The number of hydrogen-bond donors (Lipinski definition) is 0. The Bertz CT molecular complexity index is 4990. The van der Waals surface area contributed by atoms with Crippen molar-refractivity contribution in [2.24, 2.45) is 0 Å². The maximum atomic E-state index is 2.97. The normalized spacial score (nSPS) is 15.6. The summed E-state index contributed by atoms with van der Waals surface area (Å²) in [5, 5.41) is 2.48. The van der Waals surface area contributed by atoms with Crippen LogP contribution in [-0.4, -0.2) is 30.1 Å². The lowest BCUT2D eigenvalue weighted by molar-refractivity contribution is 0.340. The number of nitrogens with zero attached hydrogens (tertiary/aromatic N) is 6. The summed E-state index contributed by atoms with van der Waals surface area (Å²) in [5.74, 6) is 0. The molecule has 5 heterocycles. The third-order valence-electron chi connectivity index (χ3n) is 21.4. The number of para-hydroxylation sites is 8. The number of aromatic nitrogens is 1. The minimum Gasteiger partial charge on any atom is -0.365 e. The van der Waals surface area contributed by atoms with Crippen molar-refractivity contribution in [1.82, 2.24) is 4.57 Å². The van der Waals surface area contributed by atoms with Gasteiger partial charge in [-0.15, -0.1) is 0 Å². The fourth-order valence-corrected chi connectivity index (χ4v) is 17.6. The molecule has 13 aromatic rings. The van der Waals surface area contributed by atoms with E-state index in [4.69, 9.17) is 0 Å². The molecule has 0 radical (unpaired) electrons. The van der Waals surface area contributed by atoms with Gasteiger partial charge in [-0.3, -0.25) is 0 Å². The molecule has 4 aliphatic heterocycles. The molecule has 2 aliphatic carbocycles. The van der Waals surface area contributed by atoms with Crippen molar-refractivity contribution in [1.29, 1.82) is 0 Å². The topological polar surface area (TPSA) is 21.1 Å². The third kappa shape index (κ3) is 8.21. The van der Waals surface area contributed by atoms with E-state index in [1.54, 1.807) is 0 Å². The van der Waals surface area contributed by atoms with Gasteiger partial charge in [-0.1, -0.05) is 202 Å². The molecule has 0 spiro atoms. The van der Waals surface area contributed by atoms with Gasteiger partial charge in [-0.25, -0.2) is 0 Å². The van der Waals surface area contributed by atoms with Crippen molar-refractivity contribution in [3.05, 3.63) is 279 Å². The van der Waals surface area contributed by atoms with E-state index in [1.165, 1.54) is 187 Å². The molecule has 2 fully saturated rings. The number of rotatable bonds is 9. The van der Waals surface area contributed by atoms with Gasteiger partial charge in [-0.05, 0) is 185 Å². The summed E-state index contributed by atoms with van der Waals surface area (Å²) in [6, 6.07) is 107. The van der Waals surface area contributed by atoms with Gasteiger partial charge in [0.15, 0.2) is 0 Å². The van der Waals surface area contributed by atoms with Crippen molar-refractivity contribution in [3.63, 3.8) is 0 Å². The lowest BCUT2D eigenvalue weighted by Crippen LogP contribution is -2.65. The molecule has 6 aliphatic rings.